The largest absolute Gasteiger partial charge is 0.394 e. The molecule has 2 aromatic rings. The monoisotopic (exact) mass is 255 g/mol. The van der Waals surface area contributed by atoms with Gasteiger partial charge in [-0.25, -0.2) is 0 Å². The van der Waals surface area contributed by atoms with Crippen LogP contribution in [0.4, 0.5) is 0 Å². The van der Waals surface area contributed by atoms with Gasteiger partial charge in [-0.1, -0.05) is 18.2 Å². The first kappa shape index (κ1) is 13.5. The lowest BCUT2D eigenvalue weighted by Crippen LogP contribution is -2.41. The molecule has 92 valence electrons. The molecule has 17 heavy (non-hydrogen) atoms. The Kier molecular flexibility index (Phi) is 4.51. The molecule has 1 amide bonds. The van der Waals surface area contributed by atoms with E-state index in [1.807, 2.05) is 30.3 Å². The molecular weight excluding hydrogens is 242 g/mol. The fourth-order valence-corrected chi connectivity index (χ4v) is 1.47. The number of hydrogen-bond donors (Lipinski definition) is 3. The molecule has 2 rings (SSSR count). The van der Waals surface area contributed by atoms with E-state index < -0.39 is 11.9 Å². The van der Waals surface area contributed by atoms with E-state index in [0.717, 1.165) is 10.9 Å². The van der Waals surface area contributed by atoms with Crippen molar-refractivity contribution in [3.05, 3.63) is 36.5 Å². The standard InChI is InChI=1S/C11H13N3O2.ClH/c12-9(7-15)11(16)13-14-6-5-8-3-1-2-4-10(8)14;/h1-6,9,15H,7,12H2,(H,13,16);1H. The summed E-state index contributed by atoms with van der Waals surface area (Å²) in [7, 11) is 0. The molecule has 4 N–H and O–H groups in total. The van der Waals surface area contributed by atoms with Crippen LogP contribution in [0.1, 0.15) is 0 Å². The van der Waals surface area contributed by atoms with E-state index in [9.17, 15) is 4.79 Å². The number of aliphatic hydroxyl groups excluding tert-OH is 1. The van der Waals surface area contributed by atoms with Crippen LogP contribution in [0.2, 0.25) is 0 Å². The fourth-order valence-electron chi connectivity index (χ4n) is 1.47. The first-order valence-electron chi connectivity index (χ1n) is 4.96. The average Bonchev–Trinajstić information content (AvgIpc) is 2.72. The number of carbonyl (C=O) groups excluding carboxylic acids is 1. The van der Waals surface area contributed by atoms with Crippen molar-refractivity contribution in [2.45, 2.75) is 6.04 Å². The third-order valence-electron chi connectivity index (χ3n) is 2.36. The highest BCUT2D eigenvalue weighted by molar-refractivity contribution is 5.91. The molecule has 1 heterocycles. The summed E-state index contributed by atoms with van der Waals surface area (Å²) in [6, 6.07) is 8.64. The van der Waals surface area contributed by atoms with Gasteiger partial charge in [0.25, 0.3) is 5.91 Å². The Balaban J connectivity index is 0.00000144. The predicted molar refractivity (Wildman–Crippen MR) is 68.6 cm³/mol. The van der Waals surface area contributed by atoms with Crippen molar-refractivity contribution in [1.29, 1.82) is 0 Å². The highest BCUT2D eigenvalue weighted by atomic mass is 35.5. The molecule has 0 saturated heterocycles. The summed E-state index contributed by atoms with van der Waals surface area (Å²) < 4.78 is 1.59. The average molecular weight is 256 g/mol. The zero-order chi connectivity index (χ0) is 11.5. The van der Waals surface area contributed by atoms with Crippen molar-refractivity contribution >= 4 is 29.2 Å². The number of para-hydroxylation sites is 1. The summed E-state index contributed by atoms with van der Waals surface area (Å²) in [5.41, 5.74) is 8.90. The van der Waals surface area contributed by atoms with Crippen LogP contribution in [-0.4, -0.2) is 28.3 Å². The van der Waals surface area contributed by atoms with Gasteiger partial charge in [0.1, 0.15) is 6.04 Å². The molecule has 1 unspecified atom stereocenters. The fraction of sp³-hybridized carbons (Fsp3) is 0.182. The Morgan fingerprint density at radius 1 is 1.41 bits per heavy atom. The van der Waals surface area contributed by atoms with E-state index in [4.69, 9.17) is 10.8 Å². The molecule has 6 heteroatoms. The van der Waals surface area contributed by atoms with Gasteiger partial charge in [-0.2, -0.15) is 0 Å². The molecule has 0 bridgehead atoms. The molecular formula is C11H14ClN3O2. The molecule has 0 aliphatic carbocycles. The molecule has 0 aliphatic rings. The maximum atomic E-state index is 11.5. The van der Waals surface area contributed by atoms with Crippen LogP contribution in [0.3, 0.4) is 0 Å². The molecule has 0 fully saturated rings. The smallest absolute Gasteiger partial charge is 0.258 e. The van der Waals surface area contributed by atoms with Crippen LogP contribution in [-0.2, 0) is 4.79 Å². The molecule has 5 nitrogen and oxygen atoms in total. The van der Waals surface area contributed by atoms with Gasteiger partial charge < -0.3 is 10.8 Å². The zero-order valence-electron chi connectivity index (χ0n) is 9.04. The number of amides is 1. The van der Waals surface area contributed by atoms with Crippen molar-refractivity contribution in [3.8, 4) is 0 Å². The van der Waals surface area contributed by atoms with E-state index >= 15 is 0 Å². The SMILES string of the molecule is Cl.NC(CO)C(=O)Nn1ccc2ccccc21. The molecule has 0 saturated carbocycles. The lowest BCUT2D eigenvalue weighted by molar-refractivity contribution is -0.119. The van der Waals surface area contributed by atoms with Crippen molar-refractivity contribution in [3.63, 3.8) is 0 Å². The zero-order valence-corrected chi connectivity index (χ0v) is 9.85. The number of halogens is 1. The highest BCUT2D eigenvalue weighted by Gasteiger charge is 2.12. The Hall–Kier alpha value is -1.56. The first-order valence-corrected chi connectivity index (χ1v) is 4.96. The van der Waals surface area contributed by atoms with E-state index in [1.165, 1.54) is 0 Å². The van der Waals surface area contributed by atoms with Gasteiger partial charge in [-0.3, -0.25) is 14.9 Å². The van der Waals surface area contributed by atoms with Gasteiger partial charge in [0, 0.05) is 11.6 Å². The lowest BCUT2D eigenvalue weighted by Gasteiger charge is -2.11. The van der Waals surface area contributed by atoms with Crippen molar-refractivity contribution in [2.75, 3.05) is 12.0 Å². The number of carbonyl (C=O) groups is 1. The molecule has 1 aromatic heterocycles. The van der Waals surface area contributed by atoms with Crippen LogP contribution >= 0.6 is 12.4 Å². The Morgan fingerprint density at radius 3 is 2.82 bits per heavy atom. The first-order chi connectivity index (χ1) is 7.72. The summed E-state index contributed by atoms with van der Waals surface area (Å²) in [6.07, 6.45) is 1.74. The Morgan fingerprint density at radius 2 is 2.12 bits per heavy atom. The van der Waals surface area contributed by atoms with E-state index in [-0.39, 0.29) is 19.0 Å². The van der Waals surface area contributed by atoms with Crippen LogP contribution in [0.15, 0.2) is 36.5 Å². The summed E-state index contributed by atoms with van der Waals surface area (Å²) in [5.74, 6) is -0.413. The number of aliphatic hydroxyl groups is 1. The topological polar surface area (TPSA) is 80.3 Å². The molecule has 1 atom stereocenters. The van der Waals surface area contributed by atoms with Gasteiger partial charge in [-0.15, -0.1) is 12.4 Å². The second-order valence-corrected chi connectivity index (χ2v) is 3.51. The lowest BCUT2D eigenvalue weighted by atomic mass is 10.3. The number of rotatable bonds is 3. The van der Waals surface area contributed by atoms with Gasteiger partial charge >= 0.3 is 0 Å². The second-order valence-electron chi connectivity index (χ2n) is 3.51. The number of benzene rings is 1. The molecule has 1 aromatic carbocycles. The minimum atomic E-state index is -0.902. The number of fused-ring (bicyclic) bond motifs is 1. The van der Waals surface area contributed by atoms with Crippen LogP contribution < -0.4 is 11.2 Å². The van der Waals surface area contributed by atoms with Gasteiger partial charge in [-0.05, 0) is 12.1 Å². The third kappa shape index (κ3) is 2.76. The third-order valence-corrected chi connectivity index (χ3v) is 2.36. The maximum Gasteiger partial charge on any atom is 0.258 e. The van der Waals surface area contributed by atoms with Crippen LogP contribution in [0, 0.1) is 0 Å². The van der Waals surface area contributed by atoms with Gasteiger partial charge in [0.05, 0.1) is 12.1 Å². The summed E-state index contributed by atoms with van der Waals surface area (Å²) >= 11 is 0. The second kappa shape index (κ2) is 5.67. The Bertz CT molecular complexity index is 512. The Labute approximate surface area is 105 Å². The molecule has 0 aliphatic heterocycles. The summed E-state index contributed by atoms with van der Waals surface area (Å²) in [5, 5.41) is 9.78. The quantitative estimate of drug-likeness (QED) is 0.745. The predicted octanol–water partition coefficient (Wildman–Crippen LogP) is 0.453. The van der Waals surface area contributed by atoms with E-state index in [0.29, 0.717) is 0 Å². The number of nitrogens with two attached hydrogens (primary N) is 1. The summed E-state index contributed by atoms with van der Waals surface area (Å²) in [6.45, 7) is -0.370. The van der Waals surface area contributed by atoms with E-state index in [2.05, 4.69) is 5.43 Å². The van der Waals surface area contributed by atoms with Crippen molar-refractivity contribution in [2.24, 2.45) is 5.73 Å². The molecule has 0 radical (unpaired) electrons. The highest BCUT2D eigenvalue weighted by Crippen LogP contribution is 2.13. The number of hydrogen-bond acceptors (Lipinski definition) is 3. The minimum absolute atomic E-state index is 0. The van der Waals surface area contributed by atoms with E-state index in [1.54, 1.807) is 10.9 Å². The van der Waals surface area contributed by atoms with Crippen molar-refractivity contribution < 1.29 is 9.90 Å². The summed E-state index contributed by atoms with van der Waals surface area (Å²) in [4.78, 5) is 11.5. The maximum absolute atomic E-state index is 11.5. The van der Waals surface area contributed by atoms with Crippen LogP contribution in [0.25, 0.3) is 10.9 Å². The normalized spacial score (nSPS) is 11.9. The molecule has 0 spiro atoms. The number of nitrogens with one attached hydrogen (secondary N) is 1. The number of nitrogens with zero attached hydrogens (tertiary/aromatic N) is 1. The van der Waals surface area contributed by atoms with Crippen molar-refractivity contribution in [1.82, 2.24) is 4.68 Å². The van der Waals surface area contributed by atoms with Gasteiger partial charge in [0.15, 0.2) is 0 Å². The number of aromatic nitrogens is 1. The van der Waals surface area contributed by atoms with Gasteiger partial charge in [0.2, 0.25) is 0 Å². The van der Waals surface area contributed by atoms with Crippen LogP contribution in [0.5, 0.6) is 0 Å². The minimum Gasteiger partial charge on any atom is -0.394 e.